The predicted octanol–water partition coefficient (Wildman–Crippen LogP) is 9.34. The molecule has 0 fully saturated rings. The highest BCUT2D eigenvalue weighted by Gasteiger charge is 2.20. The number of para-hydroxylation sites is 1. The SMILES string of the molecule is Cc1ccc2c3ccccc3n(-c3cc(-c4ccccn4)ccc3-c3nc(-c4ccccc4)nc(-c4ccccc4)n3)c2c1. The second kappa shape index (κ2) is 10.7. The van der Waals surface area contributed by atoms with Gasteiger partial charge in [-0.25, -0.2) is 15.0 Å². The Morgan fingerprint density at radius 2 is 1.11 bits per heavy atom. The average molecular weight is 566 g/mol. The normalized spacial score (nSPS) is 11.3. The van der Waals surface area contributed by atoms with Gasteiger partial charge in [0.1, 0.15) is 0 Å². The molecule has 0 atom stereocenters. The van der Waals surface area contributed by atoms with Crippen LogP contribution in [0.25, 0.3) is 72.9 Å². The number of nitrogens with zero attached hydrogens (tertiary/aromatic N) is 5. The standard InChI is InChI=1S/C39H27N5/c1-26-19-21-31-30-16-8-9-18-34(30)44(35(31)24-26)36-25-29(33-17-10-11-23-40-33)20-22-32(36)39-42-37(27-12-4-2-5-13-27)41-38(43-39)28-14-6-3-7-15-28/h2-25H,1H3. The van der Waals surface area contributed by atoms with E-state index in [1.165, 1.54) is 16.3 Å². The third kappa shape index (κ3) is 4.52. The van der Waals surface area contributed by atoms with Crippen LogP contribution in [0.5, 0.6) is 0 Å². The number of fused-ring (bicyclic) bond motifs is 3. The summed E-state index contributed by atoms with van der Waals surface area (Å²) in [5, 5.41) is 2.40. The Morgan fingerprint density at radius 1 is 0.477 bits per heavy atom. The van der Waals surface area contributed by atoms with E-state index in [9.17, 15) is 0 Å². The summed E-state index contributed by atoms with van der Waals surface area (Å²) in [5.74, 6) is 1.87. The number of hydrogen-bond donors (Lipinski definition) is 0. The summed E-state index contributed by atoms with van der Waals surface area (Å²) in [6, 6.07) is 47.8. The summed E-state index contributed by atoms with van der Waals surface area (Å²) in [5.41, 5.74) is 9.13. The third-order valence-corrected chi connectivity index (χ3v) is 7.97. The van der Waals surface area contributed by atoms with E-state index < -0.39 is 0 Å². The Bertz CT molecular complexity index is 2220. The fourth-order valence-corrected chi connectivity index (χ4v) is 5.87. The molecule has 5 nitrogen and oxygen atoms in total. The van der Waals surface area contributed by atoms with Gasteiger partial charge in [0.25, 0.3) is 0 Å². The van der Waals surface area contributed by atoms with E-state index in [1.807, 2.05) is 85.1 Å². The van der Waals surface area contributed by atoms with Crippen LogP contribution in [0.4, 0.5) is 0 Å². The number of aryl methyl sites for hydroxylation is 1. The van der Waals surface area contributed by atoms with Crippen molar-refractivity contribution >= 4 is 21.8 Å². The summed E-state index contributed by atoms with van der Waals surface area (Å²) >= 11 is 0. The van der Waals surface area contributed by atoms with Gasteiger partial charge in [-0.2, -0.15) is 0 Å². The molecule has 8 aromatic rings. The zero-order valence-electron chi connectivity index (χ0n) is 24.1. The van der Waals surface area contributed by atoms with Crippen molar-refractivity contribution in [2.75, 3.05) is 0 Å². The highest BCUT2D eigenvalue weighted by atomic mass is 15.1. The molecule has 44 heavy (non-hydrogen) atoms. The van der Waals surface area contributed by atoms with Gasteiger partial charge in [-0.3, -0.25) is 4.98 Å². The molecule has 0 bridgehead atoms. The van der Waals surface area contributed by atoms with Crippen LogP contribution in [0.1, 0.15) is 5.56 Å². The maximum Gasteiger partial charge on any atom is 0.166 e. The van der Waals surface area contributed by atoms with Crippen molar-refractivity contribution in [2.45, 2.75) is 6.92 Å². The smallest absolute Gasteiger partial charge is 0.166 e. The van der Waals surface area contributed by atoms with Crippen LogP contribution >= 0.6 is 0 Å². The maximum atomic E-state index is 5.10. The van der Waals surface area contributed by atoms with Crippen LogP contribution in [0.15, 0.2) is 146 Å². The molecule has 8 rings (SSSR count). The predicted molar refractivity (Wildman–Crippen MR) is 178 cm³/mol. The summed E-state index contributed by atoms with van der Waals surface area (Å²) in [4.78, 5) is 19.8. The first kappa shape index (κ1) is 25.7. The second-order valence-electron chi connectivity index (χ2n) is 10.9. The van der Waals surface area contributed by atoms with Gasteiger partial charge in [-0.15, -0.1) is 0 Å². The molecule has 0 radical (unpaired) electrons. The van der Waals surface area contributed by atoms with E-state index in [0.29, 0.717) is 17.5 Å². The fourth-order valence-electron chi connectivity index (χ4n) is 5.87. The Hall–Kier alpha value is -5.94. The van der Waals surface area contributed by atoms with Gasteiger partial charge in [0, 0.05) is 39.2 Å². The molecule has 0 spiro atoms. The van der Waals surface area contributed by atoms with Crippen molar-refractivity contribution in [2.24, 2.45) is 0 Å². The highest BCUT2D eigenvalue weighted by molar-refractivity contribution is 6.10. The van der Waals surface area contributed by atoms with E-state index in [4.69, 9.17) is 15.0 Å². The molecule has 0 aliphatic heterocycles. The summed E-state index contributed by atoms with van der Waals surface area (Å²) < 4.78 is 2.34. The number of benzene rings is 5. The minimum atomic E-state index is 0.610. The number of hydrogen-bond acceptors (Lipinski definition) is 4. The molecule has 3 heterocycles. The van der Waals surface area contributed by atoms with Gasteiger partial charge in [0.2, 0.25) is 0 Å². The quantitative estimate of drug-likeness (QED) is 0.209. The lowest BCUT2D eigenvalue weighted by Gasteiger charge is -2.16. The Labute approximate surface area is 255 Å². The van der Waals surface area contributed by atoms with Crippen LogP contribution in [-0.2, 0) is 0 Å². The molecular formula is C39H27N5. The zero-order valence-corrected chi connectivity index (χ0v) is 24.1. The van der Waals surface area contributed by atoms with Crippen molar-refractivity contribution in [1.29, 1.82) is 0 Å². The molecule has 0 saturated carbocycles. The van der Waals surface area contributed by atoms with Gasteiger partial charge >= 0.3 is 0 Å². The molecule has 0 amide bonds. The maximum absolute atomic E-state index is 5.10. The number of aromatic nitrogens is 5. The van der Waals surface area contributed by atoms with Crippen LogP contribution < -0.4 is 0 Å². The summed E-state index contributed by atoms with van der Waals surface area (Å²) in [6.07, 6.45) is 1.83. The van der Waals surface area contributed by atoms with Crippen molar-refractivity contribution in [3.05, 3.63) is 151 Å². The van der Waals surface area contributed by atoms with Crippen LogP contribution in [0.3, 0.4) is 0 Å². The van der Waals surface area contributed by atoms with Gasteiger partial charge in [0.05, 0.1) is 22.4 Å². The molecule has 5 heteroatoms. The van der Waals surface area contributed by atoms with Crippen LogP contribution in [0, 0.1) is 6.92 Å². The molecule has 0 aliphatic rings. The molecule has 0 unspecified atom stereocenters. The molecule has 3 aromatic heterocycles. The van der Waals surface area contributed by atoms with E-state index in [1.54, 1.807) is 0 Å². The molecule has 0 N–H and O–H groups in total. The summed E-state index contributed by atoms with van der Waals surface area (Å²) in [6.45, 7) is 2.14. The monoisotopic (exact) mass is 565 g/mol. The topological polar surface area (TPSA) is 56.5 Å². The lowest BCUT2D eigenvalue weighted by molar-refractivity contribution is 1.06. The Morgan fingerprint density at radius 3 is 1.82 bits per heavy atom. The van der Waals surface area contributed by atoms with Gasteiger partial charge < -0.3 is 4.57 Å². The van der Waals surface area contributed by atoms with Crippen LogP contribution in [0.2, 0.25) is 0 Å². The number of rotatable bonds is 5. The molecule has 0 saturated heterocycles. The molecular weight excluding hydrogens is 538 g/mol. The molecule has 0 aliphatic carbocycles. The minimum Gasteiger partial charge on any atom is -0.308 e. The lowest BCUT2D eigenvalue weighted by atomic mass is 10.0. The van der Waals surface area contributed by atoms with Crippen molar-refractivity contribution < 1.29 is 0 Å². The van der Waals surface area contributed by atoms with Gasteiger partial charge in [0.15, 0.2) is 17.5 Å². The average Bonchev–Trinajstić information content (AvgIpc) is 3.42. The van der Waals surface area contributed by atoms with E-state index >= 15 is 0 Å². The summed E-state index contributed by atoms with van der Waals surface area (Å²) in [7, 11) is 0. The lowest BCUT2D eigenvalue weighted by Crippen LogP contribution is -2.04. The van der Waals surface area contributed by atoms with Crippen molar-refractivity contribution in [1.82, 2.24) is 24.5 Å². The third-order valence-electron chi connectivity index (χ3n) is 7.97. The Balaban J connectivity index is 1.46. The first-order chi connectivity index (χ1) is 21.7. The number of pyridine rings is 1. The van der Waals surface area contributed by atoms with Crippen LogP contribution in [-0.4, -0.2) is 24.5 Å². The fraction of sp³-hybridized carbons (Fsp3) is 0.0256. The van der Waals surface area contributed by atoms with E-state index in [-0.39, 0.29) is 0 Å². The largest absolute Gasteiger partial charge is 0.308 e. The molecule has 208 valence electrons. The van der Waals surface area contributed by atoms with Crippen molar-refractivity contribution in [3.8, 4) is 51.1 Å². The van der Waals surface area contributed by atoms with E-state index in [2.05, 4.69) is 77.1 Å². The first-order valence-electron chi connectivity index (χ1n) is 14.7. The van der Waals surface area contributed by atoms with Gasteiger partial charge in [-0.05, 0) is 48.9 Å². The van der Waals surface area contributed by atoms with E-state index in [0.717, 1.165) is 44.7 Å². The highest BCUT2D eigenvalue weighted by Crippen LogP contribution is 2.38. The Kier molecular flexibility index (Phi) is 6.27. The first-order valence-corrected chi connectivity index (χ1v) is 14.7. The van der Waals surface area contributed by atoms with Gasteiger partial charge in [-0.1, -0.05) is 103 Å². The second-order valence-corrected chi connectivity index (χ2v) is 10.9. The van der Waals surface area contributed by atoms with Crippen molar-refractivity contribution in [3.63, 3.8) is 0 Å². The zero-order chi connectivity index (χ0) is 29.5. The molecule has 5 aromatic carbocycles. The minimum absolute atomic E-state index is 0.610.